The Bertz CT molecular complexity index is 1300. The number of anilines is 1. The van der Waals surface area contributed by atoms with Gasteiger partial charge < -0.3 is 23.8 Å². The molecule has 11 heteroatoms. The molecule has 0 aliphatic heterocycles. The molecule has 0 aliphatic carbocycles. The summed E-state index contributed by atoms with van der Waals surface area (Å²) in [4.78, 5) is 28.3. The molecule has 0 bridgehead atoms. The molecular weight excluding hydrogens is 600 g/mol. The minimum Gasteiger partial charge on any atom is -0.494 e. The van der Waals surface area contributed by atoms with Crippen LogP contribution in [0.4, 0.5) is 5.69 Å². The number of nitrogens with zero attached hydrogens (tertiary/aromatic N) is 1. The van der Waals surface area contributed by atoms with Gasteiger partial charge in [0.1, 0.15) is 11.1 Å². The molecular formula is C29H29Cl4NO6. The molecule has 0 aliphatic rings. The quantitative estimate of drug-likeness (QED) is 0.156. The van der Waals surface area contributed by atoms with Crippen molar-refractivity contribution in [1.82, 2.24) is 0 Å². The van der Waals surface area contributed by atoms with Gasteiger partial charge in [-0.1, -0.05) is 71.9 Å². The van der Waals surface area contributed by atoms with E-state index >= 15 is 0 Å². The molecule has 0 N–H and O–H groups in total. The van der Waals surface area contributed by atoms with Crippen molar-refractivity contribution >= 4 is 64.0 Å². The van der Waals surface area contributed by atoms with Gasteiger partial charge in [-0.3, -0.25) is 0 Å². The zero-order valence-corrected chi connectivity index (χ0v) is 25.6. The van der Waals surface area contributed by atoms with Crippen molar-refractivity contribution in [1.29, 1.82) is 0 Å². The highest BCUT2D eigenvalue weighted by atomic mass is 35.5. The summed E-state index contributed by atoms with van der Waals surface area (Å²) in [6.07, 6.45) is -0.125. The van der Waals surface area contributed by atoms with E-state index in [2.05, 4.69) is 6.92 Å². The van der Waals surface area contributed by atoms with E-state index in [0.29, 0.717) is 5.69 Å². The minimum absolute atomic E-state index is 0.0247. The number of methoxy groups -OCH3 is 2. The second-order valence-electron chi connectivity index (χ2n) is 8.71. The summed E-state index contributed by atoms with van der Waals surface area (Å²) in [5.74, 6) is -1.37. The summed E-state index contributed by atoms with van der Waals surface area (Å²) in [6.45, 7) is 5.36. The van der Waals surface area contributed by atoms with Crippen LogP contribution < -0.4 is 14.4 Å². The number of hydrogen-bond acceptors (Lipinski definition) is 7. The summed E-state index contributed by atoms with van der Waals surface area (Å²) in [6, 6.07) is 13.6. The third kappa shape index (κ3) is 7.07. The molecule has 3 aromatic rings. The fourth-order valence-corrected chi connectivity index (χ4v) is 5.19. The number of carbonyl (C=O) groups excluding carboxylic acids is 2. The van der Waals surface area contributed by atoms with Crippen molar-refractivity contribution in [2.24, 2.45) is 0 Å². The number of esters is 2. The topological polar surface area (TPSA) is 74.3 Å². The molecule has 0 heterocycles. The minimum atomic E-state index is -0.941. The number of rotatable bonds is 11. The lowest BCUT2D eigenvalue weighted by Crippen LogP contribution is -2.45. The van der Waals surface area contributed by atoms with Gasteiger partial charge in [-0.25, -0.2) is 9.59 Å². The molecule has 2 atom stereocenters. The zero-order chi connectivity index (χ0) is 29.6. The third-order valence-corrected chi connectivity index (χ3v) is 7.25. The van der Waals surface area contributed by atoms with Crippen LogP contribution >= 0.6 is 46.4 Å². The molecule has 0 fully saturated rings. The van der Waals surface area contributed by atoms with Gasteiger partial charge in [-0.05, 0) is 62.2 Å². The van der Waals surface area contributed by atoms with Gasteiger partial charge in [0.25, 0.3) is 0 Å². The summed E-state index contributed by atoms with van der Waals surface area (Å²) >= 11 is 25.0. The smallest absolute Gasteiger partial charge is 0.345 e. The first-order chi connectivity index (χ1) is 19.0. The highest BCUT2D eigenvalue weighted by molar-refractivity contribution is 6.37. The molecule has 0 amide bonds. The molecule has 0 radical (unpaired) electrons. The van der Waals surface area contributed by atoms with Gasteiger partial charge >= 0.3 is 11.9 Å². The van der Waals surface area contributed by atoms with Crippen molar-refractivity contribution in [2.45, 2.75) is 46.1 Å². The lowest BCUT2D eigenvalue weighted by Gasteiger charge is -2.35. The molecule has 0 spiro atoms. The van der Waals surface area contributed by atoms with Crippen molar-refractivity contribution in [3.8, 4) is 11.5 Å². The van der Waals surface area contributed by atoms with Crippen LogP contribution in [0.5, 0.6) is 11.5 Å². The predicted octanol–water partition coefficient (Wildman–Crippen LogP) is 8.48. The first kappa shape index (κ1) is 31.7. The molecule has 0 aromatic heterocycles. The van der Waals surface area contributed by atoms with Crippen LogP contribution in [-0.4, -0.2) is 38.6 Å². The normalized spacial score (nSPS) is 12.3. The highest BCUT2D eigenvalue weighted by Crippen LogP contribution is 2.36. The van der Waals surface area contributed by atoms with Gasteiger partial charge in [0.15, 0.2) is 24.0 Å². The standard InChI is InChI=1S/C29H29Cl4NO6/c1-6-8-18-9-7-10-19(15-18)34(16(2)39-28(35)24-20(30)11-13-22(32)26(24)37-4)17(3)40-29(36)25-21(31)12-14-23(33)27(25)38-5/h7,9-17H,6,8H2,1-5H3. The van der Waals surface area contributed by atoms with Crippen LogP contribution in [0.2, 0.25) is 20.1 Å². The summed E-state index contributed by atoms with van der Waals surface area (Å²) in [5.41, 5.74) is 1.66. The maximum Gasteiger partial charge on any atom is 0.345 e. The summed E-state index contributed by atoms with van der Waals surface area (Å²) in [5, 5.41) is 0.616. The fourth-order valence-electron chi connectivity index (χ4n) is 4.26. The lowest BCUT2D eigenvalue weighted by molar-refractivity contribution is 0.00875. The average molecular weight is 629 g/mol. The zero-order valence-electron chi connectivity index (χ0n) is 22.6. The second kappa shape index (κ2) is 14.2. The molecule has 214 valence electrons. The van der Waals surface area contributed by atoms with Crippen molar-refractivity contribution in [2.75, 3.05) is 19.1 Å². The summed E-state index contributed by atoms with van der Waals surface area (Å²) < 4.78 is 22.3. The van der Waals surface area contributed by atoms with Gasteiger partial charge in [0, 0.05) is 5.69 Å². The Morgan fingerprint density at radius 1 is 0.750 bits per heavy atom. The van der Waals surface area contributed by atoms with Gasteiger partial charge in [0.2, 0.25) is 0 Å². The Kier molecular flexibility index (Phi) is 11.2. The molecule has 0 saturated carbocycles. The fraction of sp³-hybridized carbons (Fsp3) is 0.310. The molecule has 3 rings (SSSR count). The largest absolute Gasteiger partial charge is 0.494 e. The number of benzene rings is 3. The van der Waals surface area contributed by atoms with Crippen LogP contribution in [0.1, 0.15) is 53.5 Å². The number of halogens is 4. The predicted molar refractivity (Wildman–Crippen MR) is 159 cm³/mol. The monoisotopic (exact) mass is 627 g/mol. The van der Waals surface area contributed by atoms with Crippen LogP contribution in [-0.2, 0) is 15.9 Å². The Morgan fingerprint density at radius 3 is 1.62 bits per heavy atom. The van der Waals surface area contributed by atoms with Gasteiger partial charge in [-0.2, -0.15) is 0 Å². The van der Waals surface area contributed by atoms with Crippen LogP contribution in [0.3, 0.4) is 0 Å². The summed E-state index contributed by atoms with van der Waals surface area (Å²) in [7, 11) is 2.75. The van der Waals surface area contributed by atoms with Crippen LogP contribution in [0.25, 0.3) is 0 Å². The number of aryl methyl sites for hydroxylation is 1. The van der Waals surface area contributed by atoms with Crippen LogP contribution in [0, 0.1) is 0 Å². The Hall–Kier alpha value is -2.84. The first-order valence-electron chi connectivity index (χ1n) is 12.4. The van der Waals surface area contributed by atoms with Crippen LogP contribution in [0.15, 0.2) is 48.5 Å². The van der Waals surface area contributed by atoms with E-state index in [1.807, 2.05) is 24.3 Å². The maximum absolute atomic E-state index is 13.3. The third-order valence-electron chi connectivity index (χ3n) is 6.02. The van der Waals surface area contributed by atoms with Gasteiger partial charge in [0.05, 0.1) is 34.3 Å². The van der Waals surface area contributed by atoms with E-state index in [4.69, 9.17) is 65.4 Å². The Balaban J connectivity index is 1.99. The Labute approximate surface area is 253 Å². The van der Waals surface area contributed by atoms with E-state index in [1.165, 1.54) is 38.5 Å². The van der Waals surface area contributed by atoms with Crippen molar-refractivity contribution in [3.05, 3.63) is 85.3 Å². The van der Waals surface area contributed by atoms with E-state index in [1.54, 1.807) is 18.7 Å². The Morgan fingerprint density at radius 2 is 1.20 bits per heavy atom. The second-order valence-corrected chi connectivity index (χ2v) is 10.3. The molecule has 7 nitrogen and oxygen atoms in total. The molecule has 0 saturated heterocycles. The number of hydrogen-bond donors (Lipinski definition) is 0. The maximum atomic E-state index is 13.3. The molecule has 40 heavy (non-hydrogen) atoms. The van der Waals surface area contributed by atoms with E-state index < -0.39 is 24.4 Å². The van der Waals surface area contributed by atoms with E-state index in [0.717, 1.165) is 18.4 Å². The number of carbonyl (C=O) groups is 2. The molecule has 2 unspecified atom stereocenters. The van der Waals surface area contributed by atoms with Crippen molar-refractivity contribution in [3.63, 3.8) is 0 Å². The van der Waals surface area contributed by atoms with Gasteiger partial charge in [-0.15, -0.1) is 0 Å². The van der Waals surface area contributed by atoms with E-state index in [-0.39, 0.29) is 42.7 Å². The molecule has 3 aromatic carbocycles. The highest BCUT2D eigenvalue weighted by Gasteiger charge is 2.31. The van der Waals surface area contributed by atoms with Crippen molar-refractivity contribution < 1.29 is 28.5 Å². The lowest BCUT2D eigenvalue weighted by atomic mass is 10.1. The SMILES string of the molecule is CCCc1cccc(N(C(C)OC(=O)c2c(Cl)ccc(Cl)c2OC)C(C)OC(=O)c2c(Cl)ccc(Cl)c2OC)c1. The average Bonchev–Trinajstić information content (AvgIpc) is 2.91. The van der Waals surface area contributed by atoms with E-state index in [9.17, 15) is 9.59 Å². The first-order valence-corrected chi connectivity index (χ1v) is 13.9. The number of ether oxygens (including phenoxy) is 4.